The molecule has 0 aliphatic carbocycles. The molecule has 1 aliphatic rings. The molecule has 3 heterocycles. The lowest BCUT2D eigenvalue weighted by atomic mass is 9.93. The van der Waals surface area contributed by atoms with Crippen molar-refractivity contribution in [3.05, 3.63) is 53.9 Å². The average Bonchev–Trinajstić information content (AvgIpc) is 3.05. The minimum atomic E-state index is 0.791. The number of nitrogens with zero attached hydrogens (tertiary/aromatic N) is 5. The fourth-order valence-corrected chi connectivity index (χ4v) is 3.67. The van der Waals surface area contributed by atoms with Crippen LogP contribution in [0.25, 0.3) is 5.65 Å². The second-order valence-electron chi connectivity index (χ2n) is 7.16. The summed E-state index contributed by atoms with van der Waals surface area (Å²) < 4.78 is 1.78. The number of rotatable bonds is 6. The number of fused-ring (bicyclic) bond motifs is 1. The number of aryl methyl sites for hydroxylation is 1. The standard InChI is InChI=1S/C20H26N6/c1-16-22-23-20-8-7-19(24-26(16)20)21-12-9-17-10-13-25(14-11-17)15-18-5-3-2-4-6-18/h2-8,17H,9-15H2,1H3,(H,21,24). The molecule has 0 amide bonds. The maximum atomic E-state index is 4.55. The smallest absolute Gasteiger partial charge is 0.178 e. The number of nitrogens with one attached hydrogen (secondary N) is 1. The summed E-state index contributed by atoms with van der Waals surface area (Å²) in [6.07, 6.45) is 3.76. The van der Waals surface area contributed by atoms with E-state index in [2.05, 4.69) is 55.8 Å². The van der Waals surface area contributed by atoms with Gasteiger partial charge in [-0.3, -0.25) is 4.90 Å². The van der Waals surface area contributed by atoms with Crippen LogP contribution in [0.5, 0.6) is 0 Å². The normalized spacial score (nSPS) is 16.2. The van der Waals surface area contributed by atoms with Gasteiger partial charge in [0.05, 0.1) is 0 Å². The average molecular weight is 350 g/mol. The fraction of sp³-hybridized carbons (Fsp3) is 0.450. The predicted molar refractivity (Wildman–Crippen MR) is 103 cm³/mol. The van der Waals surface area contributed by atoms with Crippen molar-refractivity contribution in [1.29, 1.82) is 0 Å². The van der Waals surface area contributed by atoms with E-state index in [0.29, 0.717) is 0 Å². The lowest BCUT2D eigenvalue weighted by Gasteiger charge is -2.32. The Morgan fingerprint density at radius 3 is 2.65 bits per heavy atom. The predicted octanol–water partition coefficient (Wildman–Crippen LogP) is 3.15. The molecule has 0 unspecified atom stereocenters. The first-order valence-electron chi connectivity index (χ1n) is 9.47. The summed E-state index contributed by atoms with van der Waals surface area (Å²) >= 11 is 0. The van der Waals surface area contributed by atoms with E-state index >= 15 is 0 Å². The number of benzene rings is 1. The number of likely N-dealkylation sites (tertiary alicyclic amines) is 1. The molecule has 4 rings (SSSR count). The molecule has 26 heavy (non-hydrogen) atoms. The molecule has 0 bridgehead atoms. The fourth-order valence-electron chi connectivity index (χ4n) is 3.67. The molecule has 0 atom stereocenters. The number of anilines is 1. The van der Waals surface area contributed by atoms with Crippen molar-refractivity contribution in [2.45, 2.75) is 32.7 Å². The molecule has 1 fully saturated rings. The first-order valence-corrected chi connectivity index (χ1v) is 9.47. The summed E-state index contributed by atoms with van der Waals surface area (Å²) in [6, 6.07) is 14.7. The Balaban J connectivity index is 1.21. The van der Waals surface area contributed by atoms with Gasteiger partial charge in [0.15, 0.2) is 11.5 Å². The van der Waals surface area contributed by atoms with E-state index in [4.69, 9.17) is 0 Å². The monoisotopic (exact) mass is 350 g/mol. The van der Waals surface area contributed by atoms with Gasteiger partial charge in [-0.15, -0.1) is 15.3 Å². The number of piperidine rings is 1. The summed E-state index contributed by atoms with van der Waals surface area (Å²) in [5, 5.41) is 16.1. The summed E-state index contributed by atoms with van der Waals surface area (Å²) in [5.74, 6) is 2.51. The highest BCUT2D eigenvalue weighted by Crippen LogP contribution is 2.22. The molecule has 0 radical (unpaired) electrons. The van der Waals surface area contributed by atoms with Crippen LogP contribution in [0.15, 0.2) is 42.5 Å². The molecule has 136 valence electrons. The topological polar surface area (TPSA) is 58.4 Å². The Bertz CT molecular complexity index is 836. The third-order valence-electron chi connectivity index (χ3n) is 5.23. The number of hydrogen-bond acceptors (Lipinski definition) is 5. The van der Waals surface area contributed by atoms with E-state index in [1.807, 2.05) is 19.1 Å². The molecule has 3 aromatic rings. The molecule has 1 aliphatic heterocycles. The molecule has 0 saturated carbocycles. The molecule has 2 aromatic heterocycles. The van der Waals surface area contributed by atoms with Gasteiger partial charge in [-0.05, 0) is 62.9 Å². The van der Waals surface area contributed by atoms with Gasteiger partial charge in [0.2, 0.25) is 0 Å². The Kier molecular flexibility index (Phi) is 5.11. The van der Waals surface area contributed by atoms with Gasteiger partial charge in [0.1, 0.15) is 5.82 Å². The molecule has 1 aromatic carbocycles. The van der Waals surface area contributed by atoms with E-state index in [0.717, 1.165) is 36.3 Å². The maximum absolute atomic E-state index is 4.55. The second kappa shape index (κ2) is 7.83. The molecule has 1 saturated heterocycles. The maximum Gasteiger partial charge on any atom is 0.178 e. The van der Waals surface area contributed by atoms with E-state index in [1.54, 1.807) is 4.52 Å². The molecular weight excluding hydrogens is 324 g/mol. The van der Waals surface area contributed by atoms with Crippen LogP contribution in [0.2, 0.25) is 0 Å². The van der Waals surface area contributed by atoms with E-state index in [9.17, 15) is 0 Å². The first kappa shape index (κ1) is 17.0. The van der Waals surface area contributed by atoms with E-state index < -0.39 is 0 Å². The van der Waals surface area contributed by atoms with Gasteiger partial charge < -0.3 is 5.32 Å². The number of aromatic nitrogens is 4. The van der Waals surface area contributed by atoms with Crippen molar-refractivity contribution < 1.29 is 0 Å². The molecule has 0 spiro atoms. The first-order chi connectivity index (χ1) is 12.8. The summed E-state index contributed by atoms with van der Waals surface area (Å²) in [4.78, 5) is 2.57. The Morgan fingerprint density at radius 1 is 1.04 bits per heavy atom. The van der Waals surface area contributed by atoms with Crippen LogP contribution in [-0.2, 0) is 6.54 Å². The quantitative estimate of drug-likeness (QED) is 0.740. The molecule has 6 nitrogen and oxygen atoms in total. The van der Waals surface area contributed by atoms with E-state index in [-0.39, 0.29) is 0 Å². The van der Waals surface area contributed by atoms with Crippen LogP contribution in [0.1, 0.15) is 30.7 Å². The van der Waals surface area contributed by atoms with Crippen molar-refractivity contribution >= 4 is 11.5 Å². The lowest BCUT2D eigenvalue weighted by molar-refractivity contribution is 0.174. The molecular formula is C20H26N6. The zero-order valence-corrected chi connectivity index (χ0v) is 15.3. The van der Waals surface area contributed by atoms with Crippen molar-refractivity contribution in [3.8, 4) is 0 Å². The van der Waals surface area contributed by atoms with E-state index in [1.165, 1.54) is 37.9 Å². The van der Waals surface area contributed by atoms with Gasteiger partial charge >= 0.3 is 0 Å². The zero-order chi connectivity index (χ0) is 17.8. The van der Waals surface area contributed by atoms with Gasteiger partial charge in [0, 0.05) is 13.1 Å². The van der Waals surface area contributed by atoms with Crippen LogP contribution in [0, 0.1) is 12.8 Å². The highest BCUT2D eigenvalue weighted by Gasteiger charge is 2.19. The van der Waals surface area contributed by atoms with Crippen LogP contribution in [-0.4, -0.2) is 44.3 Å². The van der Waals surface area contributed by atoms with Crippen molar-refractivity contribution in [3.63, 3.8) is 0 Å². The Hall–Kier alpha value is -2.47. The number of hydrogen-bond donors (Lipinski definition) is 1. The summed E-state index contributed by atoms with van der Waals surface area (Å²) in [6.45, 7) is 6.35. The van der Waals surface area contributed by atoms with Crippen molar-refractivity contribution in [2.75, 3.05) is 25.0 Å². The SMILES string of the molecule is Cc1nnc2ccc(NCCC3CCN(Cc4ccccc4)CC3)nn12. The Morgan fingerprint density at radius 2 is 1.85 bits per heavy atom. The van der Waals surface area contributed by atoms with Crippen LogP contribution in [0.3, 0.4) is 0 Å². The summed E-state index contributed by atoms with van der Waals surface area (Å²) in [7, 11) is 0. The third-order valence-corrected chi connectivity index (χ3v) is 5.23. The minimum absolute atomic E-state index is 0.791. The summed E-state index contributed by atoms with van der Waals surface area (Å²) in [5.41, 5.74) is 2.21. The van der Waals surface area contributed by atoms with Crippen LogP contribution in [0.4, 0.5) is 5.82 Å². The van der Waals surface area contributed by atoms with Crippen LogP contribution < -0.4 is 5.32 Å². The lowest BCUT2D eigenvalue weighted by Crippen LogP contribution is -2.33. The van der Waals surface area contributed by atoms with Crippen LogP contribution >= 0.6 is 0 Å². The molecule has 1 N–H and O–H groups in total. The minimum Gasteiger partial charge on any atom is -0.369 e. The van der Waals surface area contributed by atoms with Gasteiger partial charge in [-0.25, -0.2) is 0 Å². The van der Waals surface area contributed by atoms with Crippen molar-refractivity contribution in [1.82, 2.24) is 24.7 Å². The largest absolute Gasteiger partial charge is 0.369 e. The van der Waals surface area contributed by atoms with Gasteiger partial charge in [-0.1, -0.05) is 30.3 Å². The van der Waals surface area contributed by atoms with Gasteiger partial charge in [-0.2, -0.15) is 4.52 Å². The zero-order valence-electron chi connectivity index (χ0n) is 15.3. The second-order valence-corrected chi connectivity index (χ2v) is 7.16. The third kappa shape index (κ3) is 4.02. The highest BCUT2D eigenvalue weighted by molar-refractivity contribution is 5.43. The van der Waals surface area contributed by atoms with Crippen molar-refractivity contribution in [2.24, 2.45) is 5.92 Å². The Labute approximate surface area is 154 Å². The van der Waals surface area contributed by atoms with Gasteiger partial charge in [0.25, 0.3) is 0 Å². The highest BCUT2D eigenvalue weighted by atomic mass is 15.4. The molecule has 6 heteroatoms.